The van der Waals surface area contributed by atoms with E-state index in [2.05, 4.69) is 0 Å². The molecule has 0 fully saturated rings. The molecule has 0 aliphatic rings. The summed E-state index contributed by atoms with van der Waals surface area (Å²) in [5.74, 6) is -1.01. The zero-order valence-electron chi connectivity index (χ0n) is 7.80. The van der Waals surface area contributed by atoms with Crippen LogP contribution in [0, 0.1) is 0 Å². The Hall–Kier alpha value is -1.00. The van der Waals surface area contributed by atoms with E-state index in [1.54, 1.807) is 0 Å². The van der Waals surface area contributed by atoms with Crippen LogP contribution in [-0.2, 0) is 4.79 Å². The van der Waals surface area contributed by atoms with Crippen molar-refractivity contribution in [3.63, 3.8) is 0 Å². The van der Waals surface area contributed by atoms with Crippen molar-refractivity contribution in [1.29, 1.82) is 0 Å². The van der Waals surface area contributed by atoms with Crippen molar-refractivity contribution in [1.82, 2.24) is 0 Å². The molecule has 1 rings (SSSR count). The van der Waals surface area contributed by atoms with Crippen molar-refractivity contribution >= 4 is 17.7 Å². The summed E-state index contributed by atoms with van der Waals surface area (Å²) < 4.78 is -1.17. The van der Waals surface area contributed by atoms with E-state index < -0.39 is 10.7 Å². The van der Waals surface area contributed by atoms with Crippen molar-refractivity contribution < 1.29 is 15.0 Å². The summed E-state index contributed by atoms with van der Waals surface area (Å²) in [5, 5.41) is 17.9. The maximum absolute atomic E-state index is 10.9. The highest BCUT2D eigenvalue weighted by atomic mass is 32.2. The molecule has 0 aliphatic heterocycles. The molecule has 0 aliphatic carbocycles. The number of aliphatic hydroxyl groups is 1. The van der Waals surface area contributed by atoms with Crippen LogP contribution in [0.4, 0.5) is 0 Å². The fourth-order valence-corrected chi connectivity index (χ4v) is 1.86. The van der Waals surface area contributed by atoms with Gasteiger partial charge in [-0.1, -0.05) is 18.2 Å². The highest BCUT2D eigenvalue weighted by Crippen LogP contribution is 2.32. The monoisotopic (exact) mass is 212 g/mol. The molecule has 4 heteroatoms. The highest BCUT2D eigenvalue weighted by Gasteiger charge is 2.33. The third kappa shape index (κ3) is 2.49. The smallest absolute Gasteiger partial charge is 0.322 e. The minimum atomic E-state index is -1.17. The van der Waals surface area contributed by atoms with Gasteiger partial charge in [0.25, 0.3) is 0 Å². The van der Waals surface area contributed by atoms with Gasteiger partial charge in [-0.3, -0.25) is 4.79 Å². The number of carboxylic acids is 1. The van der Waals surface area contributed by atoms with Crippen LogP contribution in [0.15, 0.2) is 35.2 Å². The molecular weight excluding hydrogens is 200 g/mol. The Morgan fingerprint density at radius 3 is 2.43 bits per heavy atom. The topological polar surface area (TPSA) is 57.5 Å². The molecule has 2 N–H and O–H groups in total. The molecule has 0 bridgehead atoms. The molecule has 0 amide bonds. The lowest BCUT2D eigenvalue weighted by molar-refractivity contribution is -0.140. The molecule has 0 radical (unpaired) electrons. The van der Waals surface area contributed by atoms with Crippen LogP contribution in [0.3, 0.4) is 0 Å². The Kier molecular flexibility index (Phi) is 3.55. The van der Waals surface area contributed by atoms with Crippen LogP contribution in [-0.4, -0.2) is 27.5 Å². The molecule has 0 aromatic heterocycles. The van der Waals surface area contributed by atoms with Gasteiger partial charge in [0.1, 0.15) is 4.75 Å². The minimum Gasteiger partial charge on any atom is -0.480 e. The number of hydrogen-bond donors (Lipinski definition) is 2. The van der Waals surface area contributed by atoms with Gasteiger partial charge in [0.05, 0.1) is 6.61 Å². The number of hydrogen-bond acceptors (Lipinski definition) is 3. The largest absolute Gasteiger partial charge is 0.480 e. The number of aliphatic hydroxyl groups excluding tert-OH is 1. The summed E-state index contributed by atoms with van der Waals surface area (Å²) in [6, 6.07) is 9.17. The van der Waals surface area contributed by atoms with E-state index in [0.29, 0.717) is 0 Å². The molecule has 0 spiro atoms. The minimum absolute atomic E-state index is 0.387. The van der Waals surface area contributed by atoms with Gasteiger partial charge in [-0.15, -0.1) is 11.8 Å². The number of thioether (sulfide) groups is 1. The summed E-state index contributed by atoms with van der Waals surface area (Å²) >= 11 is 1.15. The normalized spacial score (nSPS) is 14.7. The zero-order valence-corrected chi connectivity index (χ0v) is 8.62. The predicted octanol–water partition coefficient (Wildman–Crippen LogP) is 1.61. The third-order valence-corrected chi connectivity index (χ3v) is 3.10. The van der Waals surface area contributed by atoms with Gasteiger partial charge < -0.3 is 10.2 Å². The summed E-state index contributed by atoms with van der Waals surface area (Å²) in [6.07, 6.45) is 0. The summed E-state index contributed by atoms with van der Waals surface area (Å²) in [6.45, 7) is 1.12. The lowest BCUT2D eigenvalue weighted by Crippen LogP contribution is -2.35. The average Bonchev–Trinajstić information content (AvgIpc) is 2.19. The van der Waals surface area contributed by atoms with Crippen LogP contribution < -0.4 is 0 Å². The Balaban J connectivity index is 2.81. The number of benzene rings is 1. The number of carboxylic acid groups (broad SMARTS) is 1. The maximum Gasteiger partial charge on any atom is 0.322 e. The van der Waals surface area contributed by atoms with Crippen molar-refractivity contribution in [2.75, 3.05) is 6.61 Å². The standard InChI is InChI=1S/C10H12O3S/c1-10(7-11,9(12)13)14-8-5-3-2-4-6-8/h2-6,11H,7H2,1H3,(H,12,13). The first kappa shape index (κ1) is 11.1. The van der Waals surface area contributed by atoms with Crippen molar-refractivity contribution in [3.05, 3.63) is 30.3 Å². The molecule has 0 saturated carbocycles. The fraction of sp³-hybridized carbons (Fsp3) is 0.300. The average molecular weight is 212 g/mol. The van der Waals surface area contributed by atoms with Crippen LogP contribution in [0.2, 0.25) is 0 Å². The quantitative estimate of drug-likeness (QED) is 0.744. The number of aliphatic carboxylic acids is 1. The van der Waals surface area contributed by atoms with Crippen LogP contribution in [0.25, 0.3) is 0 Å². The van der Waals surface area contributed by atoms with Crippen molar-refractivity contribution in [2.45, 2.75) is 16.6 Å². The van der Waals surface area contributed by atoms with Crippen molar-refractivity contribution in [3.8, 4) is 0 Å². The van der Waals surface area contributed by atoms with E-state index in [0.717, 1.165) is 16.7 Å². The van der Waals surface area contributed by atoms with E-state index in [9.17, 15) is 4.79 Å². The van der Waals surface area contributed by atoms with E-state index in [1.807, 2.05) is 30.3 Å². The van der Waals surface area contributed by atoms with Gasteiger partial charge in [-0.2, -0.15) is 0 Å². The second kappa shape index (κ2) is 4.48. The molecule has 1 atom stereocenters. The van der Waals surface area contributed by atoms with E-state index in [4.69, 9.17) is 10.2 Å². The first-order chi connectivity index (χ1) is 6.58. The Labute approximate surface area is 86.8 Å². The number of carbonyl (C=O) groups is 1. The Bertz CT molecular complexity index is 312. The Morgan fingerprint density at radius 1 is 1.43 bits per heavy atom. The molecule has 0 saturated heterocycles. The maximum atomic E-state index is 10.9. The van der Waals surface area contributed by atoms with Gasteiger partial charge in [-0.25, -0.2) is 0 Å². The summed E-state index contributed by atoms with van der Waals surface area (Å²) in [5.41, 5.74) is 0. The van der Waals surface area contributed by atoms with Crippen molar-refractivity contribution in [2.24, 2.45) is 0 Å². The van der Waals surface area contributed by atoms with Gasteiger partial charge >= 0.3 is 5.97 Å². The second-order valence-electron chi connectivity index (χ2n) is 3.11. The molecule has 1 aromatic carbocycles. The lowest BCUT2D eigenvalue weighted by Gasteiger charge is -2.20. The highest BCUT2D eigenvalue weighted by molar-refractivity contribution is 8.01. The molecular formula is C10H12O3S. The zero-order chi connectivity index (χ0) is 10.6. The van der Waals surface area contributed by atoms with E-state index in [-0.39, 0.29) is 6.61 Å². The van der Waals surface area contributed by atoms with Crippen LogP contribution >= 0.6 is 11.8 Å². The molecule has 3 nitrogen and oxygen atoms in total. The van der Waals surface area contributed by atoms with Gasteiger partial charge in [0, 0.05) is 4.90 Å². The second-order valence-corrected chi connectivity index (χ2v) is 4.69. The molecule has 76 valence electrons. The summed E-state index contributed by atoms with van der Waals surface area (Å²) in [7, 11) is 0. The molecule has 1 unspecified atom stereocenters. The first-order valence-corrected chi connectivity index (χ1v) is 4.98. The van der Waals surface area contributed by atoms with Gasteiger partial charge in [0.2, 0.25) is 0 Å². The Morgan fingerprint density at radius 2 is 2.00 bits per heavy atom. The molecule has 1 aromatic rings. The fourth-order valence-electron chi connectivity index (χ4n) is 0.892. The number of rotatable bonds is 4. The molecule has 14 heavy (non-hydrogen) atoms. The molecule has 0 heterocycles. The van der Waals surface area contributed by atoms with E-state index in [1.165, 1.54) is 6.92 Å². The first-order valence-electron chi connectivity index (χ1n) is 4.17. The summed E-state index contributed by atoms with van der Waals surface area (Å²) in [4.78, 5) is 11.7. The lowest BCUT2D eigenvalue weighted by atomic mass is 10.2. The SMILES string of the molecule is CC(CO)(Sc1ccccc1)C(=O)O. The van der Waals surface area contributed by atoms with Gasteiger partial charge in [0.15, 0.2) is 0 Å². The third-order valence-electron chi connectivity index (χ3n) is 1.84. The predicted molar refractivity (Wildman–Crippen MR) is 55.4 cm³/mol. The van der Waals surface area contributed by atoms with E-state index >= 15 is 0 Å². The van der Waals surface area contributed by atoms with Gasteiger partial charge in [-0.05, 0) is 19.1 Å². The van der Waals surface area contributed by atoms with Crippen LogP contribution in [0.5, 0.6) is 0 Å². The van der Waals surface area contributed by atoms with Crippen LogP contribution in [0.1, 0.15) is 6.92 Å².